The number of benzene rings is 1. The average molecular weight is 268 g/mol. The lowest BCUT2D eigenvalue weighted by molar-refractivity contribution is -0.885. The molecule has 0 aromatic heterocycles. The quantitative estimate of drug-likeness (QED) is 0.445. The monoisotopic (exact) mass is 268 g/mol. The van der Waals surface area contributed by atoms with Gasteiger partial charge >= 0.3 is 11.9 Å². The van der Waals surface area contributed by atoms with E-state index in [-0.39, 0.29) is 0 Å². The van der Waals surface area contributed by atoms with Crippen LogP contribution in [0.15, 0.2) is 30.3 Å². The molecule has 0 amide bonds. The van der Waals surface area contributed by atoms with Crippen molar-refractivity contribution in [3.05, 3.63) is 35.9 Å². The first kappa shape index (κ1) is 15.6. The summed E-state index contributed by atoms with van der Waals surface area (Å²) in [5.41, 5.74) is 0.461. The summed E-state index contributed by atoms with van der Waals surface area (Å²) in [5, 5.41) is 0. The largest absolute Gasteiger partial charge is 0.399 e. The number of quaternary nitrogens is 1. The Kier molecular flexibility index (Phi) is 5.05. The van der Waals surface area contributed by atoms with E-state index in [2.05, 4.69) is 0 Å². The van der Waals surface area contributed by atoms with Crippen molar-refractivity contribution < 1.29 is 23.5 Å². The van der Waals surface area contributed by atoms with Crippen LogP contribution in [0.25, 0.3) is 0 Å². The Labute approximate surface area is 114 Å². The van der Waals surface area contributed by atoms with E-state index < -0.39 is 11.9 Å². The predicted molar refractivity (Wildman–Crippen MR) is 71.5 cm³/mol. The summed E-state index contributed by atoms with van der Waals surface area (Å²) in [4.78, 5) is 12.1. The number of likely N-dealkylation sites (N-methyl/N-ethyl adjacent to an activating group) is 1. The Balaban J connectivity index is 2.87. The Morgan fingerprint density at radius 1 is 1.11 bits per heavy atom. The van der Waals surface area contributed by atoms with E-state index in [1.807, 2.05) is 27.2 Å². The maximum atomic E-state index is 12.1. The van der Waals surface area contributed by atoms with E-state index in [0.717, 1.165) is 0 Å². The number of methoxy groups -OCH3 is 2. The van der Waals surface area contributed by atoms with Gasteiger partial charge in [0.2, 0.25) is 0 Å². The van der Waals surface area contributed by atoms with Crippen LogP contribution in [0, 0.1) is 0 Å². The molecular weight excluding hydrogens is 246 g/mol. The van der Waals surface area contributed by atoms with Crippen molar-refractivity contribution in [2.75, 3.05) is 41.9 Å². The number of esters is 1. The Hall–Kier alpha value is -1.43. The molecule has 0 aliphatic heterocycles. The van der Waals surface area contributed by atoms with Gasteiger partial charge in [-0.15, -0.1) is 0 Å². The fourth-order valence-corrected chi connectivity index (χ4v) is 1.68. The molecule has 1 aromatic carbocycles. The van der Waals surface area contributed by atoms with E-state index in [4.69, 9.17) is 14.2 Å². The van der Waals surface area contributed by atoms with Crippen molar-refractivity contribution in [1.29, 1.82) is 0 Å². The summed E-state index contributed by atoms with van der Waals surface area (Å²) in [7, 11) is 8.80. The maximum Gasteiger partial charge on any atom is 0.381 e. The normalized spacial score (nSPS) is 12.3. The van der Waals surface area contributed by atoms with Gasteiger partial charge in [-0.1, -0.05) is 18.2 Å². The second kappa shape index (κ2) is 6.14. The first-order valence-electron chi connectivity index (χ1n) is 6.01. The molecular formula is C14H22NO4+. The topological polar surface area (TPSA) is 44.8 Å². The first-order valence-corrected chi connectivity index (χ1v) is 6.01. The van der Waals surface area contributed by atoms with Crippen LogP contribution < -0.4 is 0 Å². The van der Waals surface area contributed by atoms with Crippen molar-refractivity contribution in [2.24, 2.45) is 0 Å². The molecule has 0 atom stereocenters. The van der Waals surface area contributed by atoms with Gasteiger partial charge in [-0.05, 0) is 12.1 Å². The second-order valence-electron chi connectivity index (χ2n) is 5.30. The van der Waals surface area contributed by atoms with Crippen molar-refractivity contribution in [3.8, 4) is 0 Å². The minimum absolute atomic E-state index is 0.374. The highest BCUT2D eigenvalue weighted by Gasteiger charge is 2.41. The van der Waals surface area contributed by atoms with Crippen LogP contribution in [0.4, 0.5) is 0 Å². The lowest BCUT2D eigenvalue weighted by atomic mass is 10.2. The van der Waals surface area contributed by atoms with Crippen LogP contribution in [0.3, 0.4) is 0 Å². The standard InChI is InChI=1S/C14H22NO4/c1-15(2,3)11-14(17-4,18-5)19-13(16)12-9-7-6-8-10-12/h6-10H,11H2,1-5H3/q+1. The first-order chi connectivity index (χ1) is 8.82. The van der Waals surface area contributed by atoms with Crippen molar-refractivity contribution >= 4 is 5.97 Å². The molecule has 0 N–H and O–H groups in total. The van der Waals surface area contributed by atoms with Gasteiger partial charge in [-0.3, -0.25) is 0 Å². The highest BCUT2D eigenvalue weighted by atomic mass is 16.9. The zero-order valence-corrected chi connectivity index (χ0v) is 12.2. The van der Waals surface area contributed by atoms with Crippen LogP contribution in [-0.4, -0.2) is 58.3 Å². The lowest BCUT2D eigenvalue weighted by Crippen LogP contribution is -2.54. The molecule has 0 unspecified atom stereocenters. The fourth-order valence-electron chi connectivity index (χ4n) is 1.68. The summed E-state index contributed by atoms with van der Waals surface area (Å²) >= 11 is 0. The molecule has 0 spiro atoms. The van der Waals surface area contributed by atoms with Gasteiger partial charge in [0, 0.05) is 14.2 Å². The zero-order valence-electron chi connectivity index (χ0n) is 12.2. The molecule has 0 fully saturated rings. The maximum absolute atomic E-state index is 12.1. The van der Waals surface area contributed by atoms with Gasteiger partial charge in [-0.2, -0.15) is 0 Å². The van der Waals surface area contributed by atoms with Gasteiger partial charge < -0.3 is 18.7 Å². The number of carbonyl (C=O) groups excluding carboxylic acids is 1. The molecule has 0 radical (unpaired) electrons. The van der Waals surface area contributed by atoms with Crippen molar-refractivity contribution in [2.45, 2.75) is 5.97 Å². The number of hydrogen-bond acceptors (Lipinski definition) is 4. The SMILES string of the molecule is COC(C[N+](C)(C)C)(OC)OC(=O)c1ccccc1. The molecule has 0 saturated carbocycles. The Morgan fingerprint density at radius 2 is 1.63 bits per heavy atom. The molecule has 1 aromatic rings. The molecule has 5 heteroatoms. The van der Waals surface area contributed by atoms with Gasteiger partial charge in [-0.25, -0.2) is 4.79 Å². The number of nitrogens with zero attached hydrogens (tertiary/aromatic N) is 1. The number of carbonyl (C=O) groups is 1. The third-order valence-corrected chi connectivity index (χ3v) is 2.55. The van der Waals surface area contributed by atoms with Crippen molar-refractivity contribution in [1.82, 2.24) is 0 Å². The molecule has 1 rings (SSSR count). The summed E-state index contributed by atoms with van der Waals surface area (Å²) in [6, 6.07) is 8.76. The Morgan fingerprint density at radius 3 is 2.05 bits per heavy atom. The molecule has 0 bridgehead atoms. The summed E-state index contributed by atoms with van der Waals surface area (Å²) in [6.45, 7) is 0.374. The van der Waals surface area contributed by atoms with Crippen molar-refractivity contribution in [3.63, 3.8) is 0 Å². The third-order valence-electron chi connectivity index (χ3n) is 2.55. The van der Waals surface area contributed by atoms with Crippen LogP contribution in [-0.2, 0) is 14.2 Å². The van der Waals surface area contributed by atoms with E-state index in [0.29, 0.717) is 16.6 Å². The Bertz CT molecular complexity index is 407. The zero-order chi connectivity index (χ0) is 14.5. The second-order valence-corrected chi connectivity index (χ2v) is 5.30. The summed E-state index contributed by atoms with van der Waals surface area (Å²) in [6.07, 6.45) is 0. The molecule has 0 saturated heterocycles. The third kappa shape index (κ3) is 4.63. The average Bonchev–Trinajstić information content (AvgIpc) is 2.37. The van der Waals surface area contributed by atoms with Gasteiger partial charge in [0.15, 0.2) is 6.54 Å². The van der Waals surface area contributed by atoms with Gasteiger partial charge in [0.25, 0.3) is 0 Å². The van der Waals surface area contributed by atoms with Gasteiger partial charge in [0.05, 0.1) is 26.7 Å². The number of hydrogen-bond donors (Lipinski definition) is 0. The number of ether oxygens (including phenoxy) is 3. The minimum atomic E-state index is -1.38. The molecule has 0 aliphatic carbocycles. The van der Waals surface area contributed by atoms with Gasteiger partial charge in [0.1, 0.15) is 0 Å². The molecule has 5 nitrogen and oxygen atoms in total. The van der Waals surface area contributed by atoms with E-state index in [1.165, 1.54) is 14.2 Å². The summed E-state index contributed by atoms with van der Waals surface area (Å²) in [5.74, 6) is -1.86. The van der Waals surface area contributed by atoms with Crippen LogP contribution in [0.2, 0.25) is 0 Å². The molecule has 0 aliphatic rings. The van der Waals surface area contributed by atoms with E-state index >= 15 is 0 Å². The van der Waals surface area contributed by atoms with Crippen LogP contribution in [0.1, 0.15) is 10.4 Å². The summed E-state index contributed by atoms with van der Waals surface area (Å²) < 4.78 is 16.5. The predicted octanol–water partition coefficient (Wildman–Crippen LogP) is 1.50. The molecule has 19 heavy (non-hydrogen) atoms. The highest BCUT2D eigenvalue weighted by Crippen LogP contribution is 2.19. The molecule has 0 heterocycles. The van der Waals surface area contributed by atoms with Crippen LogP contribution in [0.5, 0.6) is 0 Å². The highest BCUT2D eigenvalue weighted by molar-refractivity contribution is 5.89. The van der Waals surface area contributed by atoms with Crippen LogP contribution >= 0.6 is 0 Å². The number of rotatable bonds is 6. The lowest BCUT2D eigenvalue weighted by Gasteiger charge is -2.35. The minimum Gasteiger partial charge on any atom is -0.399 e. The van der Waals surface area contributed by atoms with E-state index in [1.54, 1.807) is 24.3 Å². The molecule has 106 valence electrons. The van der Waals surface area contributed by atoms with E-state index in [9.17, 15) is 4.79 Å². The smallest absolute Gasteiger partial charge is 0.381 e. The fraction of sp³-hybridized carbons (Fsp3) is 0.500.